The van der Waals surface area contributed by atoms with Crippen LogP contribution in [0.4, 0.5) is 0 Å². The number of aliphatic hydroxyl groups is 1. The maximum atomic E-state index is 8.74. The van der Waals surface area contributed by atoms with Crippen molar-refractivity contribution in [2.75, 3.05) is 13.7 Å². The number of nitrogens with zero attached hydrogens (tertiary/aromatic N) is 1. The van der Waals surface area contributed by atoms with Crippen LogP contribution >= 0.6 is 0 Å². The first-order valence-electron chi connectivity index (χ1n) is 3.27. The van der Waals surface area contributed by atoms with Gasteiger partial charge in [-0.1, -0.05) is 6.08 Å². The lowest BCUT2D eigenvalue weighted by molar-refractivity contribution is 0.286. The van der Waals surface area contributed by atoms with Crippen molar-refractivity contribution in [1.29, 1.82) is 0 Å². The third-order valence-electron chi connectivity index (χ3n) is 1.23. The van der Waals surface area contributed by atoms with Crippen LogP contribution in [0.2, 0.25) is 0 Å². The summed E-state index contributed by atoms with van der Waals surface area (Å²) < 4.78 is 4.81. The third kappa shape index (κ3) is 3.57. The molecule has 0 aromatic carbocycles. The highest BCUT2D eigenvalue weighted by Gasteiger charge is 1.92. The normalized spacial score (nSPS) is 13.0. The van der Waals surface area contributed by atoms with Crippen molar-refractivity contribution < 1.29 is 9.84 Å². The van der Waals surface area contributed by atoms with Gasteiger partial charge in [-0.05, 0) is 19.2 Å². The molecule has 62 valence electrons. The first kappa shape index (κ1) is 9.91. The van der Waals surface area contributed by atoms with Gasteiger partial charge in [-0.2, -0.15) is 0 Å². The molecule has 3 heteroatoms. The zero-order valence-electron chi connectivity index (χ0n) is 6.87. The summed E-state index contributed by atoms with van der Waals surface area (Å²) in [6, 6.07) is 0. The number of hydrogen-bond donors (Lipinski definition) is 1. The number of rotatable bonds is 4. The van der Waals surface area contributed by atoms with Gasteiger partial charge in [0, 0.05) is 6.08 Å². The molecule has 0 aliphatic heterocycles. The standard InChI is InChI=1S/C8H13NO2/c1-4-7(6-10)5-8(9-2)11-3/h4-5,10H,2,6H2,1,3H3/b7-4+,8-5+. The highest BCUT2D eigenvalue weighted by Crippen LogP contribution is 2.02. The first-order valence-corrected chi connectivity index (χ1v) is 3.27. The summed E-state index contributed by atoms with van der Waals surface area (Å²) in [6.07, 6.45) is 3.41. The van der Waals surface area contributed by atoms with Crippen molar-refractivity contribution in [3.05, 3.63) is 23.6 Å². The second-order valence-electron chi connectivity index (χ2n) is 1.87. The van der Waals surface area contributed by atoms with Crippen molar-refractivity contribution in [3.8, 4) is 0 Å². The molecule has 0 aliphatic rings. The van der Waals surface area contributed by atoms with Crippen LogP contribution in [0.5, 0.6) is 0 Å². The predicted octanol–water partition coefficient (Wildman–Crippen LogP) is 1.11. The van der Waals surface area contributed by atoms with Crippen LogP contribution < -0.4 is 0 Å². The van der Waals surface area contributed by atoms with Crippen molar-refractivity contribution in [2.45, 2.75) is 6.92 Å². The van der Waals surface area contributed by atoms with Crippen molar-refractivity contribution in [3.63, 3.8) is 0 Å². The Balaban J connectivity index is 4.35. The van der Waals surface area contributed by atoms with E-state index in [0.29, 0.717) is 5.88 Å². The van der Waals surface area contributed by atoms with E-state index in [1.54, 1.807) is 12.2 Å². The summed E-state index contributed by atoms with van der Waals surface area (Å²) in [7, 11) is 1.51. The topological polar surface area (TPSA) is 41.8 Å². The Morgan fingerprint density at radius 3 is 2.64 bits per heavy atom. The Morgan fingerprint density at radius 2 is 2.36 bits per heavy atom. The molecule has 0 aliphatic carbocycles. The van der Waals surface area contributed by atoms with E-state index in [0.717, 1.165) is 5.57 Å². The monoisotopic (exact) mass is 155 g/mol. The molecular weight excluding hydrogens is 142 g/mol. The van der Waals surface area contributed by atoms with Crippen molar-refractivity contribution >= 4 is 6.72 Å². The van der Waals surface area contributed by atoms with Gasteiger partial charge in [0.15, 0.2) is 0 Å². The lowest BCUT2D eigenvalue weighted by Gasteiger charge is -1.99. The predicted molar refractivity (Wildman–Crippen MR) is 45.5 cm³/mol. The zero-order chi connectivity index (χ0) is 8.69. The van der Waals surface area contributed by atoms with Crippen LogP contribution in [0.15, 0.2) is 28.6 Å². The van der Waals surface area contributed by atoms with Gasteiger partial charge in [0.1, 0.15) is 0 Å². The first-order chi connectivity index (χ1) is 5.28. The van der Waals surface area contributed by atoms with Crippen LogP contribution in [-0.4, -0.2) is 25.5 Å². The van der Waals surface area contributed by atoms with Gasteiger partial charge < -0.3 is 9.84 Å². The quantitative estimate of drug-likeness (QED) is 0.375. The molecule has 0 fully saturated rings. The van der Waals surface area contributed by atoms with Gasteiger partial charge in [0.05, 0.1) is 13.7 Å². The Hall–Kier alpha value is -1.09. The molecule has 1 N–H and O–H groups in total. The number of hydrogen-bond acceptors (Lipinski definition) is 3. The molecule has 0 heterocycles. The summed E-state index contributed by atoms with van der Waals surface area (Å²) in [5.41, 5.74) is 0.759. The summed E-state index contributed by atoms with van der Waals surface area (Å²) in [4.78, 5) is 3.58. The fourth-order valence-corrected chi connectivity index (χ4v) is 0.548. The third-order valence-corrected chi connectivity index (χ3v) is 1.23. The SMILES string of the molecule is C=N/C(=C\C(=C/C)CO)OC. The van der Waals surface area contributed by atoms with E-state index >= 15 is 0 Å². The van der Waals surface area contributed by atoms with Crippen LogP contribution in [0.25, 0.3) is 0 Å². The molecule has 0 aromatic heterocycles. The van der Waals surface area contributed by atoms with E-state index in [4.69, 9.17) is 9.84 Å². The van der Waals surface area contributed by atoms with Crippen molar-refractivity contribution in [1.82, 2.24) is 0 Å². The van der Waals surface area contributed by atoms with Gasteiger partial charge in [0.25, 0.3) is 0 Å². The minimum absolute atomic E-state index is 0.0150. The van der Waals surface area contributed by atoms with E-state index in [1.807, 2.05) is 6.92 Å². The zero-order valence-corrected chi connectivity index (χ0v) is 6.87. The van der Waals surface area contributed by atoms with Crippen LogP contribution in [0.1, 0.15) is 6.92 Å². The van der Waals surface area contributed by atoms with Crippen molar-refractivity contribution in [2.24, 2.45) is 4.99 Å². The van der Waals surface area contributed by atoms with Gasteiger partial charge in [-0.15, -0.1) is 0 Å². The summed E-state index contributed by atoms with van der Waals surface area (Å²) in [6.45, 7) is 5.12. The molecule has 0 radical (unpaired) electrons. The molecule has 0 unspecified atom stereocenters. The minimum atomic E-state index is -0.0150. The highest BCUT2D eigenvalue weighted by molar-refractivity contribution is 5.30. The number of ether oxygens (including phenoxy) is 1. The van der Waals surface area contributed by atoms with E-state index in [2.05, 4.69) is 11.7 Å². The molecule has 0 bridgehead atoms. The average molecular weight is 155 g/mol. The lowest BCUT2D eigenvalue weighted by atomic mass is 10.2. The Kier molecular flexibility index (Phi) is 5.11. The second kappa shape index (κ2) is 5.68. The molecule has 0 atom stereocenters. The highest BCUT2D eigenvalue weighted by atomic mass is 16.5. The van der Waals surface area contributed by atoms with Crippen LogP contribution in [0.3, 0.4) is 0 Å². The Bertz CT molecular complexity index is 183. The van der Waals surface area contributed by atoms with Gasteiger partial charge in [-0.3, -0.25) is 0 Å². The van der Waals surface area contributed by atoms with Gasteiger partial charge in [0.2, 0.25) is 5.88 Å². The fourth-order valence-electron chi connectivity index (χ4n) is 0.548. The van der Waals surface area contributed by atoms with E-state index in [1.165, 1.54) is 7.11 Å². The summed E-state index contributed by atoms with van der Waals surface area (Å²) in [5, 5.41) is 8.74. The molecule has 3 nitrogen and oxygen atoms in total. The molecule has 0 rings (SSSR count). The number of allylic oxidation sites excluding steroid dienone is 1. The molecular formula is C8H13NO2. The maximum absolute atomic E-state index is 8.74. The average Bonchev–Trinajstić information content (AvgIpc) is 2.07. The van der Waals surface area contributed by atoms with Crippen LogP contribution in [0, 0.1) is 0 Å². The van der Waals surface area contributed by atoms with E-state index < -0.39 is 0 Å². The second-order valence-corrected chi connectivity index (χ2v) is 1.87. The smallest absolute Gasteiger partial charge is 0.212 e. The lowest BCUT2D eigenvalue weighted by Crippen LogP contribution is -1.89. The molecule has 11 heavy (non-hydrogen) atoms. The molecule has 0 spiro atoms. The minimum Gasteiger partial charge on any atom is -0.481 e. The largest absolute Gasteiger partial charge is 0.481 e. The number of aliphatic hydroxyl groups excluding tert-OH is 1. The molecule has 0 saturated heterocycles. The van der Waals surface area contributed by atoms with Crippen LogP contribution in [-0.2, 0) is 4.74 Å². The van der Waals surface area contributed by atoms with E-state index in [-0.39, 0.29) is 6.61 Å². The molecule has 0 aromatic rings. The maximum Gasteiger partial charge on any atom is 0.212 e. The summed E-state index contributed by atoms with van der Waals surface area (Å²) >= 11 is 0. The Morgan fingerprint density at radius 1 is 1.73 bits per heavy atom. The van der Waals surface area contributed by atoms with Gasteiger partial charge >= 0.3 is 0 Å². The van der Waals surface area contributed by atoms with Gasteiger partial charge in [-0.25, -0.2) is 4.99 Å². The Labute approximate surface area is 66.7 Å². The fraction of sp³-hybridized carbons (Fsp3) is 0.375. The summed E-state index contributed by atoms with van der Waals surface area (Å²) in [5.74, 6) is 0.409. The van der Waals surface area contributed by atoms with E-state index in [9.17, 15) is 0 Å². The molecule has 0 amide bonds. The number of aliphatic imine (C=N–C) groups is 1. The number of methoxy groups -OCH3 is 1. The molecule has 0 saturated carbocycles.